The molecule has 2 atom stereocenters. The Kier molecular flexibility index (Phi) is 8.32. The van der Waals surface area contributed by atoms with Crippen molar-refractivity contribution >= 4 is 5.78 Å². The number of unbranched alkanes of at least 4 members (excludes halogenated alkanes) is 5. The van der Waals surface area contributed by atoms with Crippen molar-refractivity contribution in [2.75, 3.05) is 6.54 Å². The molecule has 1 N–H and O–H groups in total. The minimum absolute atomic E-state index is 0.197. The smallest absolute Gasteiger partial charge is 0.152 e. The normalized spacial score (nSPS) is 20.4. The standard InChI is InChI=1S/C16H31NO/c1-3-5-7-9-11-14(10-8-6-4-2)16(18)15-12-13-17-15/h14-15,17H,3-13H2,1-2H3/t14?,15-/m0/s1. The van der Waals surface area contributed by atoms with Crippen LogP contribution in [0.2, 0.25) is 0 Å². The zero-order chi connectivity index (χ0) is 13.2. The van der Waals surface area contributed by atoms with Gasteiger partial charge in [-0.1, -0.05) is 58.8 Å². The Morgan fingerprint density at radius 2 is 1.61 bits per heavy atom. The molecule has 1 rings (SSSR count). The molecule has 1 fully saturated rings. The first-order valence-corrected chi connectivity index (χ1v) is 8.06. The first-order chi connectivity index (χ1) is 8.79. The third-order valence-corrected chi connectivity index (χ3v) is 4.13. The lowest BCUT2D eigenvalue weighted by atomic mass is 9.85. The maximum absolute atomic E-state index is 12.3. The number of rotatable bonds is 11. The summed E-state index contributed by atoms with van der Waals surface area (Å²) < 4.78 is 0. The van der Waals surface area contributed by atoms with E-state index in [2.05, 4.69) is 19.2 Å². The van der Waals surface area contributed by atoms with Gasteiger partial charge in [0.05, 0.1) is 6.04 Å². The van der Waals surface area contributed by atoms with Crippen LogP contribution in [0.4, 0.5) is 0 Å². The second-order valence-electron chi connectivity index (χ2n) is 5.74. The van der Waals surface area contributed by atoms with Crippen LogP contribution in [0, 0.1) is 5.92 Å². The quantitative estimate of drug-likeness (QED) is 0.562. The molecule has 0 bridgehead atoms. The van der Waals surface area contributed by atoms with Crippen molar-refractivity contribution in [1.82, 2.24) is 5.32 Å². The molecule has 0 aromatic heterocycles. The minimum atomic E-state index is 0.197. The van der Waals surface area contributed by atoms with E-state index >= 15 is 0 Å². The molecule has 1 aliphatic heterocycles. The largest absolute Gasteiger partial charge is 0.307 e. The summed E-state index contributed by atoms with van der Waals surface area (Å²) in [5.74, 6) is 0.847. The Morgan fingerprint density at radius 3 is 2.11 bits per heavy atom. The van der Waals surface area contributed by atoms with E-state index in [0.717, 1.165) is 25.8 Å². The van der Waals surface area contributed by atoms with Gasteiger partial charge in [0.25, 0.3) is 0 Å². The Balaban J connectivity index is 2.28. The van der Waals surface area contributed by atoms with Gasteiger partial charge in [-0.15, -0.1) is 0 Å². The van der Waals surface area contributed by atoms with Crippen LogP contribution in [-0.2, 0) is 4.79 Å². The van der Waals surface area contributed by atoms with Gasteiger partial charge >= 0.3 is 0 Å². The maximum Gasteiger partial charge on any atom is 0.152 e. The molecule has 1 heterocycles. The zero-order valence-corrected chi connectivity index (χ0v) is 12.3. The second kappa shape index (κ2) is 9.55. The van der Waals surface area contributed by atoms with E-state index in [-0.39, 0.29) is 6.04 Å². The van der Waals surface area contributed by atoms with E-state index in [1.807, 2.05) is 0 Å². The van der Waals surface area contributed by atoms with Gasteiger partial charge in [0.2, 0.25) is 0 Å². The number of Topliss-reactive ketones (excluding diaryl/α,β-unsaturated/α-hetero) is 1. The highest BCUT2D eigenvalue weighted by molar-refractivity contribution is 5.87. The predicted octanol–water partition coefficient (Wildman–Crippen LogP) is 4.08. The summed E-state index contributed by atoms with van der Waals surface area (Å²) in [5, 5.41) is 3.27. The number of nitrogens with one attached hydrogen (secondary N) is 1. The highest BCUT2D eigenvalue weighted by atomic mass is 16.1. The molecule has 2 heteroatoms. The third-order valence-electron chi connectivity index (χ3n) is 4.13. The average Bonchev–Trinajstić information content (AvgIpc) is 2.30. The van der Waals surface area contributed by atoms with Crippen LogP contribution in [0.5, 0.6) is 0 Å². The number of hydrogen-bond donors (Lipinski definition) is 1. The second-order valence-corrected chi connectivity index (χ2v) is 5.74. The van der Waals surface area contributed by atoms with Crippen LogP contribution in [-0.4, -0.2) is 18.4 Å². The van der Waals surface area contributed by atoms with Crippen LogP contribution < -0.4 is 5.32 Å². The van der Waals surface area contributed by atoms with Crippen LogP contribution in [0.25, 0.3) is 0 Å². The maximum atomic E-state index is 12.3. The zero-order valence-electron chi connectivity index (χ0n) is 12.3. The molecule has 0 saturated carbocycles. The Bertz CT molecular complexity index is 223. The Morgan fingerprint density at radius 1 is 1.06 bits per heavy atom. The van der Waals surface area contributed by atoms with Crippen LogP contribution >= 0.6 is 0 Å². The summed E-state index contributed by atoms with van der Waals surface area (Å²) in [6.45, 7) is 5.50. The SMILES string of the molecule is CCCCCCC(CCCCC)C(=O)[C@@H]1CCN1. The number of hydrogen-bond acceptors (Lipinski definition) is 2. The van der Waals surface area contributed by atoms with E-state index in [0.29, 0.717) is 11.7 Å². The lowest BCUT2D eigenvalue weighted by Gasteiger charge is -2.30. The van der Waals surface area contributed by atoms with Crippen molar-refractivity contribution in [3.8, 4) is 0 Å². The number of carbonyl (C=O) groups is 1. The molecule has 1 unspecified atom stereocenters. The van der Waals surface area contributed by atoms with Crippen molar-refractivity contribution < 1.29 is 4.79 Å². The molecule has 18 heavy (non-hydrogen) atoms. The molecular formula is C16H31NO. The van der Waals surface area contributed by atoms with E-state index in [4.69, 9.17) is 0 Å². The summed E-state index contributed by atoms with van der Waals surface area (Å²) in [4.78, 5) is 12.3. The minimum Gasteiger partial charge on any atom is -0.307 e. The summed E-state index contributed by atoms with van der Waals surface area (Å²) in [6, 6.07) is 0.197. The van der Waals surface area contributed by atoms with Gasteiger partial charge in [-0.3, -0.25) is 4.79 Å². The van der Waals surface area contributed by atoms with Crippen molar-refractivity contribution in [1.29, 1.82) is 0 Å². The molecule has 0 aromatic rings. The summed E-state index contributed by atoms with van der Waals surface area (Å²) in [6.07, 6.45) is 12.2. The van der Waals surface area contributed by atoms with Gasteiger partial charge in [-0.25, -0.2) is 0 Å². The highest BCUT2D eigenvalue weighted by Crippen LogP contribution is 2.22. The van der Waals surface area contributed by atoms with Gasteiger partial charge < -0.3 is 5.32 Å². The topological polar surface area (TPSA) is 29.1 Å². The van der Waals surface area contributed by atoms with Gasteiger partial charge in [-0.05, 0) is 25.8 Å². The van der Waals surface area contributed by atoms with Crippen molar-refractivity contribution in [2.45, 2.75) is 84.1 Å². The summed E-state index contributed by atoms with van der Waals surface area (Å²) in [5.41, 5.74) is 0. The lowest BCUT2D eigenvalue weighted by Crippen LogP contribution is -2.50. The number of carbonyl (C=O) groups excluding carboxylic acids is 1. The molecule has 1 saturated heterocycles. The average molecular weight is 253 g/mol. The van der Waals surface area contributed by atoms with Crippen LogP contribution in [0.15, 0.2) is 0 Å². The molecule has 0 radical (unpaired) electrons. The van der Waals surface area contributed by atoms with Gasteiger partial charge in [0.1, 0.15) is 0 Å². The fourth-order valence-corrected chi connectivity index (χ4v) is 2.70. The molecule has 0 spiro atoms. The summed E-state index contributed by atoms with van der Waals surface area (Å²) in [7, 11) is 0. The highest BCUT2D eigenvalue weighted by Gasteiger charge is 2.29. The Hall–Kier alpha value is -0.370. The van der Waals surface area contributed by atoms with Gasteiger partial charge in [-0.2, -0.15) is 0 Å². The molecule has 106 valence electrons. The van der Waals surface area contributed by atoms with Crippen LogP contribution in [0.3, 0.4) is 0 Å². The summed E-state index contributed by atoms with van der Waals surface area (Å²) >= 11 is 0. The molecule has 2 nitrogen and oxygen atoms in total. The lowest BCUT2D eigenvalue weighted by molar-refractivity contribution is -0.127. The van der Waals surface area contributed by atoms with Crippen molar-refractivity contribution in [2.24, 2.45) is 5.92 Å². The van der Waals surface area contributed by atoms with Crippen LogP contribution in [0.1, 0.15) is 78.1 Å². The molecule has 1 aliphatic rings. The Labute approximate surface area is 113 Å². The third kappa shape index (κ3) is 5.51. The monoisotopic (exact) mass is 253 g/mol. The first-order valence-electron chi connectivity index (χ1n) is 8.06. The fourth-order valence-electron chi connectivity index (χ4n) is 2.70. The van der Waals surface area contributed by atoms with E-state index in [9.17, 15) is 4.79 Å². The molecule has 0 aliphatic carbocycles. The van der Waals surface area contributed by atoms with E-state index in [1.165, 1.54) is 44.9 Å². The fraction of sp³-hybridized carbons (Fsp3) is 0.938. The predicted molar refractivity (Wildman–Crippen MR) is 77.8 cm³/mol. The van der Waals surface area contributed by atoms with E-state index in [1.54, 1.807) is 0 Å². The molecule has 0 amide bonds. The first kappa shape index (κ1) is 15.7. The number of ketones is 1. The van der Waals surface area contributed by atoms with Crippen molar-refractivity contribution in [3.63, 3.8) is 0 Å². The van der Waals surface area contributed by atoms with Crippen molar-refractivity contribution in [3.05, 3.63) is 0 Å². The van der Waals surface area contributed by atoms with E-state index < -0.39 is 0 Å². The van der Waals surface area contributed by atoms with Gasteiger partial charge in [0.15, 0.2) is 5.78 Å². The molecule has 0 aromatic carbocycles. The molecular weight excluding hydrogens is 222 g/mol. The van der Waals surface area contributed by atoms with Gasteiger partial charge in [0, 0.05) is 5.92 Å².